The standard InChI is InChI=1S/C26H29F6N5O5/c1-4-17-11-18(22-19(6-7-20(34-22)40-3)37(17)24(39)41-5-2)33-23-35-21(13-38)42-36(23)12-14-8-15(25(27,28)29)10-16(9-14)26(30,31)32/h6-10,17-18,21,38H,4-5,11-13H2,1-3H3,(H,33,35). The Morgan fingerprint density at radius 3 is 2.33 bits per heavy atom. The van der Waals surface area contributed by atoms with Crippen LogP contribution in [0.4, 0.5) is 36.8 Å². The number of aromatic nitrogens is 1. The number of anilines is 1. The maximum atomic E-state index is 13.4. The number of methoxy groups -OCH3 is 1. The molecule has 3 atom stereocenters. The van der Waals surface area contributed by atoms with Gasteiger partial charge < -0.3 is 19.9 Å². The van der Waals surface area contributed by atoms with E-state index in [-0.39, 0.29) is 42.5 Å². The van der Waals surface area contributed by atoms with Crippen LogP contribution in [0.15, 0.2) is 35.3 Å². The molecule has 16 heteroatoms. The van der Waals surface area contributed by atoms with Gasteiger partial charge in [-0.3, -0.25) is 4.90 Å². The molecule has 0 saturated carbocycles. The molecule has 1 aromatic carbocycles. The Balaban J connectivity index is 1.69. The molecule has 10 nitrogen and oxygen atoms in total. The van der Waals surface area contributed by atoms with E-state index < -0.39 is 55.0 Å². The number of pyridine rings is 1. The lowest BCUT2D eigenvalue weighted by molar-refractivity contribution is -0.146. The molecule has 2 N–H and O–H groups in total. The number of hydroxylamine groups is 2. The molecule has 0 spiro atoms. The number of hydrogen-bond acceptors (Lipinski definition) is 9. The molecule has 0 bridgehead atoms. The summed E-state index contributed by atoms with van der Waals surface area (Å²) in [6.45, 7) is 2.51. The van der Waals surface area contributed by atoms with Crippen molar-refractivity contribution in [2.45, 2.75) is 63.9 Å². The summed E-state index contributed by atoms with van der Waals surface area (Å²) < 4.78 is 91.1. The smallest absolute Gasteiger partial charge is 0.416 e. The summed E-state index contributed by atoms with van der Waals surface area (Å²) in [5.74, 6) is 0.178. The minimum absolute atomic E-state index is 0.0380. The normalized spacial score (nSPS) is 20.7. The van der Waals surface area contributed by atoms with Gasteiger partial charge in [0, 0.05) is 12.1 Å². The molecule has 4 rings (SSSR count). The van der Waals surface area contributed by atoms with Gasteiger partial charge >= 0.3 is 18.4 Å². The predicted molar refractivity (Wildman–Crippen MR) is 136 cm³/mol. The maximum absolute atomic E-state index is 13.4. The Bertz CT molecular complexity index is 1290. The fourth-order valence-corrected chi connectivity index (χ4v) is 4.77. The summed E-state index contributed by atoms with van der Waals surface area (Å²) in [5, 5.41) is 13.7. The minimum atomic E-state index is -5.03. The van der Waals surface area contributed by atoms with Crippen LogP contribution in [0.1, 0.15) is 55.1 Å². The first-order valence-corrected chi connectivity index (χ1v) is 13.0. The number of amides is 1. The fourth-order valence-electron chi connectivity index (χ4n) is 4.77. The molecule has 2 aliphatic heterocycles. The topological polar surface area (TPSA) is 109 Å². The van der Waals surface area contributed by atoms with E-state index in [0.717, 1.165) is 5.06 Å². The number of hydrogen-bond donors (Lipinski definition) is 2. The van der Waals surface area contributed by atoms with Gasteiger partial charge in [-0.05, 0) is 49.6 Å². The van der Waals surface area contributed by atoms with Crippen LogP contribution in [0, 0.1) is 0 Å². The number of benzene rings is 1. The van der Waals surface area contributed by atoms with Gasteiger partial charge in [0.1, 0.15) is 0 Å². The first-order chi connectivity index (χ1) is 19.8. The summed E-state index contributed by atoms with van der Waals surface area (Å²) >= 11 is 0. The number of nitrogens with zero attached hydrogens (tertiary/aromatic N) is 4. The van der Waals surface area contributed by atoms with Crippen molar-refractivity contribution in [1.82, 2.24) is 15.4 Å². The van der Waals surface area contributed by atoms with E-state index in [9.17, 15) is 36.2 Å². The van der Waals surface area contributed by atoms with Crippen molar-refractivity contribution in [2.24, 2.45) is 4.99 Å². The number of nitrogens with one attached hydrogen (secondary N) is 1. The third-order valence-corrected chi connectivity index (χ3v) is 6.67. The second-order valence-electron chi connectivity index (χ2n) is 9.47. The highest BCUT2D eigenvalue weighted by atomic mass is 19.4. The van der Waals surface area contributed by atoms with Gasteiger partial charge in [0.05, 0.1) is 55.4 Å². The SMILES string of the molecule is CCOC(=O)N1c2ccc(OC)nc2C(NC2=NC(CO)ON2Cc2cc(C(F)(F)F)cc(C(F)(F)F)c2)CC1CC. The predicted octanol–water partition coefficient (Wildman–Crippen LogP) is 5.03. The van der Waals surface area contributed by atoms with Gasteiger partial charge in [-0.2, -0.15) is 26.3 Å². The van der Waals surface area contributed by atoms with Crippen LogP contribution >= 0.6 is 0 Å². The molecule has 2 aromatic rings. The monoisotopic (exact) mass is 605 g/mol. The summed E-state index contributed by atoms with van der Waals surface area (Å²) in [7, 11) is 1.41. The molecule has 3 unspecified atom stereocenters. The van der Waals surface area contributed by atoms with Crippen molar-refractivity contribution in [3.8, 4) is 5.88 Å². The number of rotatable bonds is 7. The average molecular weight is 606 g/mol. The van der Waals surface area contributed by atoms with Crippen LogP contribution in [0.5, 0.6) is 5.88 Å². The first-order valence-electron chi connectivity index (χ1n) is 13.0. The first kappa shape index (κ1) is 31.2. The molecule has 230 valence electrons. The molecule has 2 aliphatic rings. The number of carbonyl (C=O) groups is 1. The van der Waals surface area contributed by atoms with E-state index in [1.807, 2.05) is 6.92 Å². The molecule has 0 saturated heterocycles. The Labute approximate surface area is 236 Å². The fraction of sp³-hybridized carbons (Fsp3) is 0.500. The highest BCUT2D eigenvalue weighted by Crippen LogP contribution is 2.40. The summed E-state index contributed by atoms with van der Waals surface area (Å²) in [4.78, 5) is 28.6. The second kappa shape index (κ2) is 12.2. The van der Waals surface area contributed by atoms with E-state index in [4.69, 9.17) is 14.3 Å². The average Bonchev–Trinajstić information content (AvgIpc) is 3.32. The number of aliphatic imine (C=N–C) groups is 1. The van der Waals surface area contributed by atoms with Gasteiger partial charge in [0.25, 0.3) is 0 Å². The minimum Gasteiger partial charge on any atom is -0.481 e. The third-order valence-electron chi connectivity index (χ3n) is 6.67. The molecule has 1 amide bonds. The van der Waals surface area contributed by atoms with Crippen LogP contribution in [0.3, 0.4) is 0 Å². The third kappa shape index (κ3) is 6.64. The molecule has 1 aromatic heterocycles. The lowest BCUT2D eigenvalue weighted by atomic mass is 9.93. The number of carbonyl (C=O) groups excluding carboxylic acids is 1. The van der Waals surface area contributed by atoms with Gasteiger partial charge in [0.15, 0.2) is 0 Å². The molecule has 0 fully saturated rings. The number of alkyl halides is 6. The number of ether oxygens (including phenoxy) is 2. The van der Waals surface area contributed by atoms with Crippen molar-refractivity contribution in [1.29, 1.82) is 0 Å². The highest BCUT2D eigenvalue weighted by Gasteiger charge is 2.40. The number of aliphatic hydroxyl groups excluding tert-OH is 1. The van der Waals surface area contributed by atoms with Gasteiger partial charge in [0.2, 0.25) is 18.1 Å². The number of aliphatic hydroxyl groups is 1. The molecule has 0 radical (unpaired) electrons. The Morgan fingerprint density at radius 1 is 1.12 bits per heavy atom. The van der Waals surface area contributed by atoms with Crippen LogP contribution in [-0.4, -0.2) is 59.8 Å². The zero-order valence-electron chi connectivity index (χ0n) is 22.8. The molecule has 3 heterocycles. The van der Waals surface area contributed by atoms with Crippen molar-refractivity contribution in [3.63, 3.8) is 0 Å². The highest BCUT2D eigenvalue weighted by molar-refractivity contribution is 5.90. The van der Waals surface area contributed by atoms with E-state index in [2.05, 4.69) is 15.3 Å². The van der Waals surface area contributed by atoms with Gasteiger partial charge in [-0.15, -0.1) is 0 Å². The van der Waals surface area contributed by atoms with Crippen LogP contribution in [0.2, 0.25) is 0 Å². The summed E-state index contributed by atoms with van der Waals surface area (Å²) in [6.07, 6.45) is -11.0. The summed E-state index contributed by atoms with van der Waals surface area (Å²) in [6, 6.07) is 3.40. The largest absolute Gasteiger partial charge is 0.481 e. The lowest BCUT2D eigenvalue weighted by Gasteiger charge is -2.39. The molecular formula is C26H29F6N5O5. The lowest BCUT2D eigenvalue weighted by Crippen LogP contribution is -2.49. The van der Waals surface area contributed by atoms with Crippen LogP contribution < -0.4 is 15.0 Å². The summed E-state index contributed by atoms with van der Waals surface area (Å²) in [5.41, 5.74) is -2.52. The maximum Gasteiger partial charge on any atom is 0.416 e. The Kier molecular flexibility index (Phi) is 9.06. The van der Waals surface area contributed by atoms with Crippen LogP contribution in [-0.2, 0) is 28.5 Å². The Hall–Kier alpha value is -3.79. The number of halogens is 6. The van der Waals surface area contributed by atoms with Gasteiger partial charge in [-0.1, -0.05) is 6.92 Å². The molecular weight excluding hydrogens is 576 g/mol. The van der Waals surface area contributed by atoms with E-state index in [1.165, 1.54) is 12.0 Å². The quantitative estimate of drug-likeness (QED) is 0.424. The van der Waals surface area contributed by atoms with Crippen molar-refractivity contribution < 1.29 is 50.6 Å². The van der Waals surface area contributed by atoms with E-state index in [0.29, 0.717) is 29.9 Å². The van der Waals surface area contributed by atoms with Crippen molar-refractivity contribution >= 4 is 17.7 Å². The van der Waals surface area contributed by atoms with Crippen LogP contribution in [0.25, 0.3) is 0 Å². The van der Waals surface area contributed by atoms with E-state index >= 15 is 0 Å². The van der Waals surface area contributed by atoms with Crippen molar-refractivity contribution in [2.75, 3.05) is 25.2 Å². The molecule has 0 aliphatic carbocycles. The van der Waals surface area contributed by atoms with Gasteiger partial charge in [-0.25, -0.2) is 24.7 Å². The second-order valence-corrected chi connectivity index (χ2v) is 9.47. The van der Waals surface area contributed by atoms with Crippen molar-refractivity contribution in [3.05, 3.63) is 52.7 Å². The number of guanidine groups is 1. The zero-order chi connectivity index (χ0) is 30.8. The van der Waals surface area contributed by atoms with E-state index in [1.54, 1.807) is 19.1 Å². The molecule has 42 heavy (non-hydrogen) atoms. The Morgan fingerprint density at radius 2 is 1.79 bits per heavy atom. The number of fused-ring (bicyclic) bond motifs is 1. The zero-order valence-corrected chi connectivity index (χ0v) is 22.8.